The fraction of sp³-hybridized carbons (Fsp3) is 0.100. The zero-order chi connectivity index (χ0) is 18.5. The third-order valence-electron chi connectivity index (χ3n) is 3.82. The smallest absolute Gasteiger partial charge is 0.274 e. The van der Waals surface area contributed by atoms with Gasteiger partial charge in [0.15, 0.2) is 0 Å². The van der Waals surface area contributed by atoms with Crippen LogP contribution in [0.5, 0.6) is 5.75 Å². The molecular formula is C20H18ClN3O2. The van der Waals surface area contributed by atoms with Crippen LogP contribution in [0.3, 0.4) is 0 Å². The monoisotopic (exact) mass is 367 g/mol. The molecule has 0 aliphatic carbocycles. The van der Waals surface area contributed by atoms with Crippen LogP contribution in [-0.4, -0.2) is 18.0 Å². The van der Waals surface area contributed by atoms with Crippen molar-refractivity contribution in [3.8, 4) is 5.75 Å². The Balaban J connectivity index is 1.71. The molecule has 0 fully saturated rings. The average molecular weight is 368 g/mol. The molecule has 0 aliphatic heterocycles. The number of aromatic nitrogens is 1. The van der Waals surface area contributed by atoms with Gasteiger partial charge in [-0.3, -0.25) is 4.79 Å². The minimum Gasteiger partial charge on any atom is -0.495 e. The van der Waals surface area contributed by atoms with Gasteiger partial charge in [-0.2, -0.15) is 0 Å². The molecule has 1 amide bonds. The normalized spacial score (nSPS) is 10.3. The van der Waals surface area contributed by atoms with Gasteiger partial charge >= 0.3 is 0 Å². The van der Waals surface area contributed by atoms with Crippen LogP contribution < -0.4 is 15.4 Å². The van der Waals surface area contributed by atoms with Gasteiger partial charge in [0, 0.05) is 10.7 Å². The van der Waals surface area contributed by atoms with Crippen molar-refractivity contribution >= 4 is 34.6 Å². The second kappa shape index (κ2) is 7.89. The number of para-hydroxylation sites is 2. The summed E-state index contributed by atoms with van der Waals surface area (Å²) < 4.78 is 5.23. The van der Waals surface area contributed by atoms with Crippen LogP contribution >= 0.6 is 11.6 Å². The Morgan fingerprint density at radius 3 is 2.58 bits per heavy atom. The number of halogens is 1. The molecular weight excluding hydrogens is 350 g/mol. The molecule has 5 nitrogen and oxygen atoms in total. The number of nitrogens with zero attached hydrogens (tertiary/aromatic N) is 1. The van der Waals surface area contributed by atoms with E-state index in [-0.39, 0.29) is 5.91 Å². The van der Waals surface area contributed by atoms with Gasteiger partial charge in [0.25, 0.3) is 5.91 Å². The van der Waals surface area contributed by atoms with Crippen molar-refractivity contribution in [1.82, 2.24) is 4.98 Å². The van der Waals surface area contributed by atoms with Crippen molar-refractivity contribution in [2.75, 3.05) is 17.7 Å². The van der Waals surface area contributed by atoms with Crippen molar-refractivity contribution in [3.05, 3.63) is 77.1 Å². The van der Waals surface area contributed by atoms with Crippen molar-refractivity contribution in [2.24, 2.45) is 0 Å². The third kappa shape index (κ3) is 4.13. The number of rotatable bonds is 5. The van der Waals surface area contributed by atoms with Crippen LogP contribution in [0.25, 0.3) is 0 Å². The molecule has 0 bridgehead atoms. The maximum atomic E-state index is 12.4. The molecule has 0 radical (unpaired) electrons. The van der Waals surface area contributed by atoms with Crippen molar-refractivity contribution in [2.45, 2.75) is 6.92 Å². The number of benzene rings is 2. The number of nitrogens with one attached hydrogen (secondary N) is 2. The van der Waals surface area contributed by atoms with E-state index in [4.69, 9.17) is 16.3 Å². The summed E-state index contributed by atoms with van der Waals surface area (Å²) in [5, 5.41) is 6.75. The summed E-state index contributed by atoms with van der Waals surface area (Å²) in [6, 6.07) is 16.3. The maximum absolute atomic E-state index is 12.4. The van der Waals surface area contributed by atoms with E-state index in [1.54, 1.807) is 37.6 Å². The standard InChI is InChI=1S/C20H18ClN3O2/c1-13-11-14(21)7-9-16(13)23-15-8-10-18(22-12-15)20(25)24-17-5-3-4-6-19(17)26-2/h3-12,23H,1-2H3,(H,24,25). The number of pyridine rings is 1. The first-order valence-corrected chi connectivity index (χ1v) is 8.38. The Morgan fingerprint density at radius 2 is 1.88 bits per heavy atom. The quantitative estimate of drug-likeness (QED) is 0.662. The van der Waals surface area contributed by atoms with Crippen molar-refractivity contribution in [1.29, 1.82) is 0 Å². The van der Waals surface area contributed by atoms with Gasteiger partial charge in [-0.05, 0) is 55.0 Å². The fourth-order valence-electron chi connectivity index (χ4n) is 2.46. The molecule has 2 aromatic carbocycles. The molecule has 0 aliphatic rings. The molecule has 132 valence electrons. The Bertz CT molecular complexity index is 927. The highest BCUT2D eigenvalue weighted by molar-refractivity contribution is 6.30. The second-order valence-electron chi connectivity index (χ2n) is 5.67. The van der Waals surface area contributed by atoms with E-state index in [1.165, 1.54) is 0 Å². The molecule has 1 aromatic heterocycles. The van der Waals surface area contributed by atoms with E-state index in [0.29, 0.717) is 22.2 Å². The number of aryl methyl sites for hydroxylation is 1. The van der Waals surface area contributed by atoms with Crippen molar-refractivity contribution < 1.29 is 9.53 Å². The van der Waals surface area contributed by atoms with E-state index in [9.17, 15) is 4.79 Å². The Morgan fingerprint density at radius 1 is 1.08 bits per heavy atom. The molecule has 6 heteroatoms. The number of anilines is 3. The summed E-state index contributed by atoms with van der Waals surface area (Å²) in [6.45, 7) is 1.97. The number of ether oxygens (including phenoxy) is 1. The maximum Gasteiger partial charge on any atom is 0.274 e. The molecule has 1 heterocycles. The zero-order valence-electron chi connectivity index (χ0n) is 14.4. The van der Waals surface area contributed by atoms with Crippen LogP contribution in [0.15, 0.2) is 60.8 Å². The summed E-state index contributed by atoms with van der Waals surface area (Å²) in [4.78, 5) is 16.6. The summed E-state index contributed by atoms with van der Waals surface area (Å²) >= 11 is 5.97. The SMILES string of the molecule is COc1ccccc1NC(=O)c1ccc(Nc2ccc(Cl)cc2C)cn1. The Kier molecular flexibility index (Phi) is 5.39. The average Bonchev–Trinajstić information content (AvgIpc) is 2.65. The highest BCUT2D eigenvalue weighted by atomic mass is 35.5. The minimum absolute atomic E-state index is 0.302. The highest BCUT2D eigenvalue weighted by Crippen LogP contribution is 2.25. The predicted octanol–water partition coefficient (Wildman–Crippen LogP) is 5.05. The number of amides is 1. The molecule has 2 N–H and O–H groups in total. The van der Waals surface area contributed by atoms with E-state index in [0.717, 1.165) is 16.9 Å². The van der Waals surface area contributed by atoms with Gasteiger partial charge in [-0.1, -0.05) is 23.7 Å². The lowest BCUT2D eigenvalue weighted by Gasteiger charge is -2.11. The van der Waals surface area contributed by atoms with Crippen LogP contribution in [-0.2, 0) is 0 Å². The number of hydrogen-bond acceptors (Lipinski definition) is 4. The van der Waals surface area contributed by atoms with Crippen LogP contribution in [0.1, 0.15) is 16.1 Å². The lowest BCUT2D eigenvalue weighted by atomic mass is 10.2. The van der Waals surface area contributed by atoms with Gasteiger partial charge in [0.1, 0.15) is 11.4 Å². The predicted molar refractivity (Wildman–Crippen MR) is 105 cm³/mol. The molecule has 0 spiro atoms. The Hall–Kier alpha value is -3.05. The zero-order valence-corrected chi connectivity index (χ0v) is 15.2. The lowest BCUT2D eigenvalue weighted by Crippen LogP contribution is -2.14. The Labute approximate surface area is 157 Å². The van der Waals surface area contributed by atoms with Crippen LogP contribution in [0.2, 0.25) is 5.02 Å². The van der Waals surface area contributed by atoms with E-state index >= 15 is 0 Å². The number of carbonyl (C=O) groups excluding carboxylic acids is 1. The summed E-state index contributed by atoms with van der Waals surface area (Å²) in [5.41, 5.74) is 3.65. The van der Waals surface area contributed by atoms with Gasteiger partial charge in [-0.15, -0.1) is 0 Å². The fourth-order valence-corrected chi connectivity index (χ4v) is 2.69. The second-order valence-corrected chi connectivity index (χ2v) is 6.11. The summed E-state index contributed by atoms with van der Waals surface area (Å²) in [6.07, 6.45) is 1.62. The van der Waals surface area contributed by atoms with Crippen molar-refractivity contribution in [3.63, 3.8) is 0 Å². The minimum atomic E-state index is -0.302. The molecule has 3 rings (SSSR count). The number of methoxy groups -OCH3 is 1. The summed E-state index contributed by atoms with van der Waals surface area (Å²) in [7, 11) is 1.56. The largest absolute Gasteiger partial charge is 0.495 e. The number of hydrogen-bond donors (Lipinski definition) is 2. The van der Waals surface area contributed by atoms with E-state index in [1.807, 2.05) is 37.3 Å². The topological polar surface area (TPSA) is 63.2 Å². The van der Waals surface area contributed by atoms with Crippen LogP contribution in [0, 0.1) is 6.92 Å². The van der Waals surface area contributed by atoms with E-state index in [2.05, 4.69) is 15.6 Å². The number of carbonyl (C=O) groups is 1. The summed E-state index contributed by atoms with van der Waals surface area (Å²) in [5.74, 6) is 0.293. The first-order valence-electron chi connectivity index (χ1n) is 8.00. The molecule has 0 unspecified atom stereocenters. The first-order chi connectivity index (χ1) is 12.6. The molecule has 0 saturated carbocycles. The van der Waals surface area contributed by atoms with Gasteiger partial charge in [0.2, 0.25) is 0 Å². The van der Waals surface area contributed by atoms with Crippen LogP contribution in [0.4, 0.5) is 17.1 Å². The lowest BCUT2D eigenvalue weighted by molar-refractivity contribution is 0.102. The molecule has 0 saturated heterocycles. The molecule has 0 atom stereocenters. The first kappa shape index (κ1) is 17.8. The van der Waals surface area contributed by atoms with Gasteiger partial charge in [-0.25, -0.2) is 4.98 Å². The molecule has 26 heavy (non-hydrogen) atoms. The third-order valence-corrected chi connectivity index (χ3v) is 4.05. The van der Waals surface area contributed by atoms with Gasteiger partial charge < -0.3 is 15.4 Å². The molecule has 3 aromatic rings. The highest BCUT2D eigenvalue weighted by Gasteiger charge is 2.11. The van der Waals surface area contributed by atoms with E-state index < -0.39 is 0 Å². The van der Waals surface area contributed by atoms with Gasteiger partial charge in [0.05, 0.1) is 24.7 Å².